The summed E-state index contributed by atoms with van der Waals surface area (Å²) in [7, 11) is 0. The second-order valence-electron chi connectivity index (χ2n) is 5.31. The molecule has 0 aliphatic carbocycles. The zero-order valence-corrected chi connectivity index (χ0v) is 12.5. The largest absolute Gasteiger partial charge is 0.308 e. The van der Waals surface area contributed by atoms with Gasteiger partial charge < -0.3 is 5.43 Å². The predicted molar refractivity (Wildman–Crippen MR) is 83.8 cm³/mol. The van der Waals surface area contributed by atoms with E-state index in [1.54, 1.807) is 12.1 Å². The van der Waals surface area contributed by atoms with Gasteiger partial charge in [0, 0.05) is 5.41 Å². The van der Waals surface area contributed by atoms with Crippen molar-refractivity contribution >= 4 is 27.4 Å². The van der Waals surface area contributed by atoms with Crippen LogP contribution in [0, 0.1) is 5.82 Å². The minimum atomic E-state index is -0.447. The topological polar surface area (TPSA) is 63.8 Å². The van der Waals surface area contributed by atoms with Crippen LogP contribution in [-0.4, -0.2) is 9.97 Å². The van der Waals surface area contributed by atoms with Crippen LogP contribution >= 0.6 is 11.3 Å². The molecule has 6 heteroatoms. The van der Waals surface area contributed by atoms with E-state index in [4.69, 9.17) is 5.84 Å². The fourth-order valence-corrected chi connectivity index (χ4v) is 3.00. The molecule has 0 spiro atoms. The first-order valence-electron chi connectivity index (χ1n) is 6.51. The Balaban J connectivity index is 2.15. The molecule has 0 saturated heterocycles. The molecule has 3 N–H and O–H groups in total. The van der Waals surface area contributed by atoms with Gasteiger partial charge in [0.15, 0.2) is 5.82 Å². The molecule has 0 unspecified atom stereocenters. The van der Waals surface area contributed by atoms with Crippen molar-refractivity contribution in [1.29, 1.82) is 0 Å². The van der Waals surface area contributed by atoms with Crippen LogP contribution in [0.15, 0.2) is 35.7 Å². The van der Waals surface area contributed by atoms with E-state index in [0.717, 1.165) is 15.8 Å². The molecular weight excluding hydrogens is 287 g/mol. The van der Waals surface area contributed by atoms with Crippen molar-refractivity contribution in [3.8, 4) is 0 Å². The van der Waals surface area contributed by atoms with Crippen molar-refractivity contribution in [3.63, 3.8) is 0 Å². The Labute approximate surface area is 125 Å². The van der Waals surface area contributed by atoms with Crippen LogP contribution in [0.3, 0.4) is 0 Å². The number of thiophene rings is 1. The van der Waals surface area contributed by atoms with E-state index in [2.05, 4.69) is 15.4 Å². The molecule has 108 valence electrons. The summed E-state index contributed by atoms with van der Waals surface area (Å²) >= 11 is 1.54. The number of nitrogens with two attached hydrogens (primary N) is 1. The lowest BCUT2D eigenvalue weighted by atomic mass is 9.83. The molecule has 0 saturated carbocycles. The molecule has 0 aliphatic heterocycles. The molecule has 3 aromatic rings. The lowest BCUT2D eigenvalue weighted by Crippen LogP contribution is -2.23. The molecule has 0 amide bonds. The number of hydrazine groups is 1. The molecule has 0 bridgehead atoms. The Bertz CT molecular complexity index is 780. The number of anilines is 1. The van der Waals surface area contributed by atoms with E-state index in [0.29, 0.717) is 11.6 Å². The number of halogens is 1. The molecule has 0 fully saturated rings. The van der Waals surface area contributed by atoms with Crippen molar-refractivity contribution in [2.24, 2.45) is 5.84 Å². The molecule has 0 radical (unpaired) electrons. The zero-order chi connectivity index (χ0) is 15.0. The summed E-state index contributed by atoms with van der Waals surface area (Å²) in [5, 5.41) is 2.86. The summed E-state index contributed by atoms with van der Waals surface area (Å²) in [6.07, 6.45) is 0. The van der Waals surface area contributed by atoms with Crippen LogP contribution in [0.25, 0.3) is 10.2 Å². The third-order valence-electron chi connectivity index (χ3n) is 3.59. The minimum Gasteiger partial charge on any atom is -0.308 e. The van der Waals surface area contributed by atoms with Crippen molar-refractivity contribution in [3.05, 3.63) is 52.9 Å². The van der Waals surface area contributed by atoms with E-state index >= 15 is 0 Å². The monoisotopic (exact) mass is 302 g/mol. The van der Waals surface area contributed by atoms with Crippen LogP contribution in [-0.2, 0) is 5.41 Å². The summed E-state index contributed by atoms with van der Waals surface area (Å²) in [6, 6.07) is 8.34. The van der Waals surface area contributed by atoms with Gasteiger partial charge in [-0.05, 0) is 43.0 Å². The summed E-state index contributed by atoms with van der Waals surface area (Å²) in [5.41, 5.74) is 3.12. The first-order valence-corrected chi connectivity index (χ1v) is 7.38. The highest BCUT2D eigenvalue weighted by Crippen LogP contribution is 2.33. The van der Waals surface area contributed by atoms with Gasteiger partial charge in [-0.15, -0.1) is 11.3 Å². The van der Waals surface area contributed by atoms with E-state index in [1.807, 2.05) is 25.3 Å². The van der Waals surface area contributed by atoms with E-state index < -0.39 is 5.41 Å². The summed E-state index contributed by atoms with van der Waals surface area (Å²) < 4.78 is 13.1. The molecule has 3 rings (SSSR count). The van der Waals surface area contributed by atoms with Crippen LogP contribution in [0.2, 0.25) is 0 Å². The van der Waals surface area contributed by atoms with Crippen LogP contribution < -0.4 is 11.3 Å². The third kappa shape index (κ3) is 2.36. The first kappa shape index (κ1) is 13.9. The number of nitrogens with one attached hydrogen (secondary N) is 1. The fraction of sp³-hybridized carbons (Fsp3) is 0.200. The number of benzene rings is 1. The number of nitrogens with zero attached hydrogens (tertiary/aromatic N) is 2. The number of aromatic nitrogens is 2. The second kappa shape index (κ2) is 5.05. The normalized spacial score (nSPS) is 11.8. The maximum atomic E-state index is 13.1. The Morgan fingerprint density at radius 3 is 2.52 bits per heavy atom. The molecule has 2 aromatic heterocycles. The van der Waals surface area contributed by atoms with Crippen LogP contribution in [0.1, 0.15) is 25.2 Å². The van der Waals surface area contributed by atoms with Crippen molar-refractivity contribution in [1.82, 2.24) is 9.97 Å². The third-order valence-corrected chi connectivity index (χ3v) is 4.39. The lowest BCUT2D eigenvalue weighted by Gasteiger charge is -2.24. The quantitative estimate of drug-likeness (QED) is 0.574. The van der Waals surface area contributed by atoms with Gasteiger partial charge >= 0.3 is 0 Å². The number of fused-ring (bicyclic) bond motifs is 1. The highest BCUT2D eigenvalue weighted by atomic mass is 32.1. The van der Waals surface area contributed by atoms with Crippen LogP contribution in [0.5, 0.6) is 0 Å². The Kier molecular flexibility index (Phi) is 3.35. The van der Waals surface area contributed by atoms with Gasteiger partial charge in [-0.1, -0.05) is 12.1 Å². The number of hydrogen-bond acceptors (Lipinski definition) is 5. The second-order valence-corrected chi connectivity index (χ2v) is 6.21. The molecule has 0 atom stereocenters. The zero-order valence-electron chi connectivity index (χ0n) is 11.7. The maximum Gasteiger partial charge on any atom is 0.152 e. The van der Waals surface area contributed by atoms with Gasteiger partial charge in [0.25, 0.3) is 0 Å². The van der Waals surface area contributed by atoms with Gasteiger partial charge in [0.2, 0.25) is 0 Å². The average molecular weight is 302 g/mol. The first-order chi connectivity index (χ1) is 10.0. The Hall–Kier alpha value is -2.05. The van der Waals surface area contributed by atoms with E-state index in [1.165, 1.54) is 23.5 Å². The Morgan fingerprint density at radius 2 is 1.86 bits per heavy atom. The smallest absolute Gasteiger partial charge is 0.152 e. The number of hydrogen-bond donors (Lipinski definition) is 2. The van der Waals surface area contributed by atoms with Gasteiger partial charge in [-0.2, -0.15) is 0 Å². The molecule has 2 heterocycles. The fourth-order valence-electron chi connectivity index (χ4n) is 2.24. The maximum absolute atomic E-state index is 13.1. The molecule has 4 nitrogen and oxygen atoms in total. The minimum absolute atomic E-state index is 0.256. The van der Waals surface area contributed by atoms with Gasteiger partial charge in [-0.25, -0.2) is 20.2 Å². The molecular formula is C15H15FN4S. The standard InChI is InChI=1S/C15H15FN4S/c1-15(2,9-3-5-10(16)6-4-9)14-18-12(20-17)11-7-8-21-13(11)19-14/h3-8H,17H2,1-2H3,(H,18,19,20). The molecule has 0 aliphatic rings. The van der Waals surface area contributed by atoms with E-state index in [-0.39, 0.29) is 5.82 Å². The highest BCUT2D eigenvalue weighted by molar-refractivity contribution is 7.16. The number of nitrogen functional groups attached to an aromatic ring is 1. The highest BCUT2D eigenvalue weighted by Gasteiger charge is 2.28. The SMILES string of the molecule is CC(C)(c1ccc(F)cc1)c1nc(NN)c2ccsc2n1. The molecule has 1 aromatic carbocycles. The van der Waals surface area contributed by atoms with Gasteiger partial charge in [-0.3, -0.25) is 0 Å². The predicted octanol–water partition coefficient (Wildman–Crippen LogP) is 3.44. The summed E-state index contributed by atoms with van der Waals surface area (Å²) in [5.74, 6) is 6.56. The van der Waals surface area contributed by atoms with Gasteiger partial charge in [0.1, 0.15) is 16.5 Å². The van der Waals surface area contributed by atoms with Crippen molar-refractivity contribution in [2.45, 2.75) is 19.3 Å². The average Bonchev–Trinajstić information content (AvgIpc) is 2.95. The summed E-state index contributed by atoms with van der Waals surface area (Å²) in [4.78, 5) is 10.0. The number of rotatable bonds is 3. The summed E-state index contributed by atoms with van der Waals surface area (Å²) in [6.45, 7) is 4.02. The molecule has 21 heavy (non-hydrogen) atoms. The Morgan fingerprint density at radius 1 is 1.14 bits per heavy atom. The van der Waals surface area contributed by atoms with E-state index in [9.17, 15) is 4.39 Å². The van der Waals surface area contributed by atoms with Crippen LogP contribution in [0.4, 0.5) is 10.2 Å². The lowest BCUT2D eigenvalue weighted by molar-refractivity contribution is 0.587. The van der Waals surface area contributed by atoms with Crippen molar-refractivity contribution in [2.75, 3.05) is 5.43 Å². The van der Waals surface area contributed by atoms with Gasteiger partial charge in [0.05, 0.1) is 5.39 Å². The van der Waals surface area contributed by atoms with Crippen molar-refractivity contribution < 1.29 is 4.39 Å².